The molecule has 6 nitrogen and oxygen atoms in total. The van der Waals surface area contributed by atoms with Gasteiger partial charge < -0.3 is 4.74 Å². The zero-order valence-corrected chi connectivity index (χ0v) is 19.8. The number of ether oxygens (including phenoxy) is 1. The van der Waals surface area contributed by atoms with Gasteiger partial charge >= 0.3 is 11.7 Å². The van der Waals surface area contributed by atoms with Crippen LogP contribution in [0.3, 0.4) is 0 Å². The van der Waals surface area contributed by atoms with Crippen LogP contribution in [0.2, 0.25) is 0 Å². The monoisotopic (exact) mass is 451 g/mol. The number of imidazole rings is 1. The van der Waals surface area contributed by atoms with Crippen molar-refractivity contribution in [2.75, 3.05) is 6.61 Å². The van der Waals surface area contributed by atoms with Gasteiger partial charge in [0.1, 0.15) is 5.82 Å². The number of nitrogens with zero attached hydrogens (tertiary/aromatic N) is 3. The Balaban J connectivity index is 2.12. The van der Waals surface area contributed by atoms with Crippen molar-refractivity contribution < 1.29 is 13.9 Å². The molecule has 2 aromatic heterocycles. The lowest BCUT2D eigenvalue weighted by atomic mass is 9.87. The van der Waals surface area contributed by atoms with Crippen molar-refractivity contribution in [3.8, 4) is 22.5 Å². The van der Waals surface area contributed by atoms with Gasteiger partial charge in [-0.15, -0.1) is 0 Å². The minimum Gasteiger partial charge on any atom is -0.462 e. The number of rotatable bonds is 5. The summed E-state index contributed by atoms with van der Waals surface area (Å²) in [7, 11) is 0. The van der Waals surface area contributed by atoms with Crippen molar-refractivity contribution in [3.05, 3.63) is 63.6 Å². The summed E-state index contributed by atoms with van der Waals surface area (Å²) in [5, 5.41) is 0. The Morgan fingerprint density at radius 1 is 1.18 bits per heavy atom. The minimum atomic E-state index is -0.433. The molecule has 0 radical (unpaired) electrons. The van der Waals surface area contributed by atoms with E-state index in [4.69, 9.17) is 9.72 Å². The topological polar surface area (TPSA) is 66.1 Å². The molecule has 33 heavy (non-hydrogen) atoms. The molecule has 0 fully saturated rings. The first-order chi connectivity index (χ1) is 15.7. The van der Waals surface area contributed by atoms with Crippen molar-refractivity contribution >= 4 is 5.97 Å². The first-order valence-corrected chi connectivity index (χ1v) is 11.6. The summed E-state index contributed by atoms with van der Waals surface area (Å²) in [5.74, 6) is -0.842. The molecule has 0 bridgehead atoms. The van der Waals surface area contributed by atoms with Crippen LogP contribution in [0.25, 0.3) is 22.5 Å². The molecule has 0 atom stereocenters. The van der Waals surface area contributed by atoms with Crippen molar-refractivity contribution in [2.24, 2.45) is 0 Å². The normalized spacial score (nSPS) is 13.1. The number of hydrogen-bond acceptors (Lipinski definition) is 4. The lowest BCUT2D eigenvalue weighted by Crippen LogP contribution is -2.25. The predicted octanol–water partition coefficient (Wildman–Crippen LogP) is 5.35. The van der Waals surface area contributed by atoms with Crippen LogP contribution in [-0.4, -0.2) is 26.7 Å². The minimum absolute atomic E-state index is 0.0142. The zero-order chi connectivity index (χ0) is 23.9. The van der Waals surface area contributed by atoms with Crippen LogP contribution in [0.1, 0.15) is 74.6 Å². The van der Waals surface area contributed by atoms with Crippen molar-refractivity contribution in [1.29, 1.82) is 0 Å². The van der Waals surface area contributed by atoms with Crippen LogP contribution in [0.5, 0.6) is 0 Å². The third-order valence-electron chi connectivity index (χ3n) is 6.10. The van der Waals surface area contributed by atoms with Crippen LogP contribution < -0.4 is 5.69 Å². The quantitative estimate of drug-likeness (QED) is 0.491. The van der Waals surface area contributed by atoms with Crippen LogP contribution in [0.4, 0.5) is 4.39 Å². The van der Waals surface area contributed by atoms with Gasteiger partial charge in [-0.1, -0.05) is 26.0 Å². The Morgan fingerprint density at radius 3 is 2.48 bits per heavy atom. The van der Waals surface area contributed by atoms with E-state index in [-0.39, 0.29) is 30.1 Å². The summed E-state index contributed by atoms with van der Waals surface area (Å²) < 4.78 is 22.7. The maximum Gasteiger partial charge on any atom is 0.340 e. The van der Waals surface area contributed by atoms with Crippen LogP contribution in [-0.2, 0) is 17.7 Å². The molecular weight excluding hydrogens is 421 g/mol. The van der Waals surface area contributed by atoms with Crippen LogP contribution in [0, 0.1) is 5.82 Å². The molecule has 1 aliphatic heterocycles. The smallest absolute Gasteiger partial charge is 0.340 e. The van der Waals surface area contributed by atoms with Crippen LogP contribution >= 0.6 is 0 Å². The number of fused-ring (bicyclic) bond motifs is 3. The molecule has 3 aromatic rings. The van der Waals surface area contributed by atoms with E-state index >= 15 is 0 Å². The number of aromatic nitrogens is 3. The third-order valence-corrected chi connectivity index (χ3v) is 6.10. The molecule has 0 amide bonds. The SMILES string of the molecule is CCOC(=O)c1c(C(C)C)nc2c(c1-c1ccc(F)cc1)CCCn1c-2cn(C(C)C)c1=O. The summed E-state index contributed by atoms with van der Waals surface area (Å²) in [6.45, 7) is 10.5. The van der Waals surface area contributed by atoms with Crippen LogP contribution in [0.15, 0.2) is 35.3 Å². The Morgan fingerprint density at radius 2 is 1.88 bits per heavy atom. The lowest BCUT2D eigenvalue weighted by Gasteiger charge is -2.21. The van der Waals surface area contributed by atoms with E-state index in [9.17, 15) is 14.0 Å². The second-order valence-corrected chi connectivity index (χ2v) is 9.01. The van der Waals surface area contributed by atoms with Crippen molar-refractivity contribution in [2.45, 2.75) is 66.0 Å². The molecule has 174 valence electrons. The molecule has 0 spiro atoms. The first-order valence-electron chi connectivity index (χ1n) is 11.6. The number of esters is 1. The Hall–Kier alpha value is -3.22. The molecule has 1 aliphatic rings. The Bertz CT molecular complexity index is 1250. The fourth-order valence-corrected chi connectivity index (χ4v) is 4.55. The maximum atomic E-state index is 13.8. The first kappa shape index (κ1) is 23.0. The highest BCUT2D eigenvalue weighted by atomic mass is 19.1. The van der Waals surface area contributed by atoms with E-state index in [1.165, 1.54) is 12.1 Å². The lowest BCUT2D eigenvalue weighted by molar-refractivity contribution is 0.0525. The van der Waals surface area contributed by atoms with E-state index in [1.807, 2.05) is 33.9 Å². The van der Waals surface area contributed by atoms with Gasteiger partial charge in [-0.25, -0.2) is 19.0 Å². The van der Waals surface area contributed by atoms with E-state index in [2.05, 4.69) is 0 Å². The number of carbonyl (C=O) groups is 1. The van der Waals surface area contributed by atoms with E-state index in [1.54, 1.807) is 28.2 Å². The van der Waals surface area contributed by atoms with Crippen molar-refractivity contribution in [1.82, 2.24) is 14.1 Å². The highest BCUT2D eigenvalue weighted by molar-refractivity contribution is 6.01. The molecule has 0 aliphatic carbocycles. The van der Waals surface area contributed by atoms with E-state index < -0.39 is 5.97 Å². The highest BCUT2D eigenvalue weighted by Crippen LogP contribution is 2.40. The van der Waals surface area contributed by atoms with Gasteiger partial charge in [-0.3, -0.25) is 9.13 Å². The molecule has 0 N–H and O–H groups in total. The predicted molar refractivity (Wildman–Crippen MR) is 126 cm³/mol. The fourth-order valence-electron chi connectivity index (χ4n) is 4.55. The molecule has 7 heteroatoms. The van der Waals surface area contributed by atoms with Gasteiger partial charge in [-0.2, -0.15) is 0 Å². The average molecular weight is 452 g/mol. The summed E-state index contributed by atoms with van der Waals surface area (Å²) in [6.07, 6.45) is 3.23. The molecule has 1 aromatic carbocycles. The molecule has 0 unspecified atom stereocenters. The number of hydrogen-bond donors (Lipinski definition) is 0. The molecule has 0 saturated carbocycles. The van der Waals surface area contributed by atoms with E-state index in [0.717, 1.165) is 28.8 Å². The fraction of sp³-hybridized carbons (Fsp3) is 0.423. The number of halogens is 1. The van der Waals surface area contributed by atoms with Crippen molar-refractivity contribution in [3.63, 3.8) is 0 Å². The van der Waals surface area contributed by atoms with Gasteiger partial charge in [0.25, 0.3) is 0 Å². The number of benzene rings is 1. The maximum absolute atomic E-state index is 13.8. The number of pyridine rings is 1. The summed E-state index contributed by atoms with van der Waals surface area (Å²) >= 11 is 0. The summed E-state index contributed by atoms with van der Waals surface area (Å²) in [5.41, 5.74) is 4.79. The third kappa shape index (κ3) is 4.01. The molecule has 4 rings (SSSR count). The second kappa shape index (κ2) is 8.96. The number of carbonyl (C=O) groups excluding carboxylic acids is 1. The Kier molecular flexibility index (Phi) is 6.23. The van der Waals surface area contributed by atoms with Gasteiger partial charge in [0.15, 0.2) is 0 Å². The summed E-state index contributed by atoms with van der Waals surface area (Å²) in [4.78, 5) is 31.3. The zero-order valence-electron chi connectivity index (χ0n) is 19.8. The summed E-state index contributed by atoms with van der Waals surface area (Å²) in [6, 6.07) is 6.19. The molecule has 0 saturated heterocycles. The average Bonchev–Trinajstić information content (AvgIpc) is 2.98. The largest absolute Gasteiger partial charge is 0.462 e. The van der Waals surface area contributed by atoms with Gasteiger partial charge in [-0.05, 0) is 62.8 Å². The van der Waals surface area contributed by atoms with Gasteiger partial charge in [0.05, 0.1) is 29.3 Å². The standard InChI is InChI=1S/C26H30FN3O3/c1-6-33-25(31)22-21(17-9-11-18(27)12-10-17)19-8-7-13-29-20(14-30(16(4)5)26(29)32)24(19)28-23(22)15(2)3/h9-12,14-16H,6-8,13H2,1-5H3. The second-order valence-electron chi connectivity index (χ2n) is 9.01. The molecular formula is C26H30FN3O3. The highest BCUT2D eigenvalue weighted by Gasteiger charge is 2.31. The Labute approximate surface area is 193 Å². The van der Waals surface area contributed by atoms with Gasteiger partial charge in [0.2, 0.25) is 0 Å². The van der Waals surface area contributed by atoms with E-state index in [0.29, 0.717) is 29.9 Å². The molecule has 3 heterocycles. The van der Waals surface area contributed by atoms with Gasteiger partial charge in [0, 0.05) is 24.3 Å².